The molecule has 0 aromatic heterocycles. The smallest absolute Gasteiger partial charge is 0.264 e. The van der Waals surface area contributed by atoms with Gasteiger partial charge < -0.3 is 10.1 Å². The van der Waals surface area contributed by atoms with Crippen molar-refractivity contribution in [1.29, 1.82) is 0 Å². The SMILES string of the molecule is Cc1ccc(S(=O)(=O)N(Cc2ccc(Cl)cc2)c2ccc(OCC(=O)NC(C)c3ccccc3)cc2)cc1. The number of benzene rings is 4. The number of halogens is 1. The van der Waals surface area contributed by atoms with Gasteiger partial charge in [0.2, 0.25) is 0 Å². The third-order valence-corrected chi connectivity index (χ3v) is 8.06. The number of hydrogen-bond donors (Lipinski definition) is 1. The fourth-order valence-corrected chi connectivity index (χ4v) is 5.45. The molecule has 0 radical (unpaired) electrons. The Morgan fingerprint density at radius 3 is 2.16 bits per heavy atom. The van der Waals surface area contributed by atoms with Crippen LogP contribution in [0.25, 0.3) is 0 Å². The minimum absolute atomic E-state index is 0.118. The second-order valence-electron chi connectivity index (χ2n) is 8.93. The van der Waals surface area contributed by atoms with Crippen molar-refractivity contribution >= 4 is 33.2 Å². The van der Waals surface area contributed by atoms with Crippen molar-refractivity contribution in [2.24, 2.45) is 0 Å². The first kappa shape index (κ1) is 27.2. The van der Waals surface area contributed by atoms with E-state index >= 15 is 0 Å². The molecule has 0 saturated heterocycles. The summed E-state index contributed by atoms with van der Waals surface area (Å²) in [7, 11) is -3.86. The number of hydrogen-bond acceptors (Lipinski definition) is 4. The van der Waals surface area contributed by atoms with E-state index in [1.807, 2.05) is 44.2 Å². The van der Waals surface area contributed by atoms with E-state index in [9.17, 15) is 13.2 Å². The van der Waals surface area contributed by atoms with Gasteiger partial charge in [0.05, 0.1) is 23.2 Å². The van der Waals surface area contributed by atoms with Gasteiger partial charge >= 0.3 is 0 Å². The lowest BCUT2D eigenvalue weighted by atomic mass is 10.1. The van der Waals surface area contributed by atoms with Crippen LogP contribution in [-0.4, -0.2) is 20.9 Å². The van der Waals surface area contributed by atoms with E-state index in [4.69, 9.17) is 16.3 Å². The molecule has 0 aliphatic heterocycles. The molecule has 8 heteroatoms. The molecule has 38 heavy (non-hydrogen) atoms. The molecule has 0 aliphatic carbocycles. The zero-order chi connectivity index (χ0) is 27.1. The first-order chi connectivity index (χ1) is 18.2. The molecule has 1 N–H and O–H groups in total. The number of rotatable bonds is 10. The molecule has 4 aromatic carbocycles. The molecule has 0 heterocycles. The Hall–Kier alpha value is -3.81. The van der Waals surface area contributed by atoms with Gasteiger partial charge in [-0.25, -0.2) is 8.42 Å². The predicted octanol–water partition coefficient (Wildman–Crippen LogP) is 6.30. The molecule has 196 valence electrons. The van der Waals surface area contributed by atoms with Gasteiger partial charge in [-0.2, -0.15) is 0 Å². The molecule has 6 nitrogen and oxygen atoms in total. The van der Waals surface area contributed by atoms with Crippen LogP contribution in [0.4, 0.5) is 5.69 Å². The summed E-state index contributed by atoms with van der Waals surface area (Å²) in [5, 5.41) is 3.48. The Labute approximate surface area is 228 Å². The van der Waals surface area contributed by atoms with Crippen LogP contribution < -0.4 is 14.4 Å². The number of sulfonamides is 1. The summed E-state index contributed by atoms with van der Waals surface area (Å²) >= 11 is 6.02. The van der Waals surface area contributed by atoms with Crippen molar-refractivity contribution in [3.8, 4) is 5.75 Å². The summed E-state index contributed by atoms with van der Waals surface area (Å²) < 4.78 is 34.3. The molecule has 0 saturated carbocycles. The van der Waals surface area contributed by atoms with E-state index in [1.54, 1.807) is 72.8 Å². The summed E-state index contributed by atoms with van der Waals surface area (Å²) in [6.45, 7) is 3.77. The van der Waals surface area contributed by atoms with Crippen LogP contribution in [0.1, 0.15) is 29.7 Å². The van der Waals surface area contributed by atoms with Gasteiger partial charge in [-0.3, -0.25) is 9.10 Å². The Bertz CT molecular complexity index is 1460. The summed E-state index contributed by atoms with van der Waals surface area (Å²) in [6.07, 6.45) is 0. The number of anilines is 1. The fourth-order valence-electron chi connectivity index (χ4n) is 3.87. The van der Waals surface area contributed by atoms with Gasteiger partial charge in [0.15, 0.2) is 6.61 Å². The molecule has 4 rings (SSSR count). The standard InChI is InChI=1S/C30H29ClN2O4S/c1-22-8-18-29(19-9-22)38(35,36)33(20-24-10-12-26(31)13-11-24)27-14-16-28(17-15-27)37-21-30(34)32-23(2)25-6-4-3-5-7-25/h3-19,23H,20-21H2,1-2H3,(H,32,34). The van der Waals surface area contributed by atoms with Crippen molar-refractivity contribution in [2.45, 2.75) is 31.3 Å². The average Bonchev–Trinajstić information content (AvgIpc) is 2.92. The zero-order valence-corrected chi connectivity index (χ0v) is 22.7. The summed E-state index contributed by atoms with van der Waals surface area (Å²) in [6, 6.07) is 30.0. The monoisotopic (exact) mass is 548 g/mol. The lowest BCUT2D eigenvalue weighted by Crippen LogP contribution is -2.31. The number of carbonyl (C=O) groups excluding carboxylic acids is 1. The first-order valence-electron chi connectivity index (χ1n) is 12.1. The van der Waals surface area contributed by atoms with Gasteiger partial charge in [0.1, 0.15) is 5.75 Å². The second-order valence-corrected chi connectivity index (χ2v) is 11.2. The number of amides is 1. The van der Waals surface area contributed by atoms with E-state index in [0.29, 0.717) is 16.5 Å². The second kappa shape index (κ2) is 12.2. The Morgan fingerprint density at radius 1 is 0.895 bits per heavy atom. The van der Waals surface area contributed by atoms with Crippen LogP contribution in [0.5, 0.6) is 5.75 Å². The number of nitrogens with one attached hydrogen (secondary N) is 1. The van der Waals surface area contributed by atoms with Gasteiger partial charge in [0, 0.05) is 5.02 Å². The van der Waals surface area contributed by atoms with E-state index in [-0.39, 0.29) is 30.0 Å². The molecule has 1 atom stereocenters. The number of aryl methyl sites for hydroxylation is 1. The maximum atomic E-state index is 13.7. The molecule has 1 amide bonds. The minimum atomic E-state index is -3.86. The molecule has 0 aliphatic rings. The Balaban J connectivity index is 1.49. The summed E-state index contributed by atoms with van der Waals surface area (Å²) in [4.78, 5) is 12.6. The van der Waals surface area contributed by atoms with Crippen molar-refractivity contribution in [2.75, 3.05) is 10.9 Å². The van der Waals surface area contributed by atoms with Crippen LogP contribution >= 0.6 is 11.6 Å². The summed E-state index contributed by atoms with van der Waals surface area (Å²) in [5.74, 6) is 0.201. The van der Waals surface area contributed by atoms with Gasteiger partial charge in [-0.1, -0.05) is 71.8 Å². The van der Waals surface area contributed by atoms with E-state index in [0.717, 1.165) is 16.7 Å². The highest BCUT2D eigenvalue weighted by atomic mass is 35.5. The predicted molar refractivity (Wildman–Crippen MR) is 151 cm³/mol. The van der Waals surface area contributed by atoms with E-state index in [2.05, 4.69) is 5.32 Å². The van der Waals surface area contributed by atoms with Crippen LogP contribution in [0.15, 0.2) is 108 Å². The molecular weight excluding hydrogens is 520 g/mol. The summed E-state index contributed by atoms with van der Waals surface area (Å²) in [5.41, 5.74) is 3.22. The highest BCUT2D eigenvalue weighted by Crippen LogP contribution is 2.28. The third-order valence-electron chi connectivity index (χ3n) is 6.02. The maximum absolute atomic E-state index is 13.7. The molecule has 1 unspecified atom stereocenters. The average molecular weight is 549 g/mol. The molecule has 0 fully saturated rings. The Kier molecular flexibility index (Phi) is 8.71. The van der Waals surface area contributed by atoms with Crippen molar-refractivity contribution in [3.05, 3.63) is 125 Å². The molecule has 0 bridgehead atoms. The molecule has 4 aromatic rings. The Morgan fingerprint density at radius 2 is 1.53 bits per heavy atom. The zero-order valence-electron chi connectivity index (χ0n) is 21.2. The van der Waals surface area contributed by atoms with Crippen molar-refractivity contribution in [1.82, 2.24) is 5.32 Å². The normalized spacial score (nSPS) is 12.0. The number of carbonyl (C=O) groups is 1. The quantitative estimate of drug-likeness (QED) is 0.252. The molecule has 0 spiro atoms. The van der Waals surface area contributed by atoms with Crippen LogP contribution in [0.2, 0.25) is 5.02 Å². The minimum Gasteiger partial charge on any atom is -0.484 e. The maximum Gasteiger partial charge on any atom is 0.264 e. The highest BCUT2D eigenvalue weighted by Gasteiger charge is 2.25. The van der Waals surface area contributed by atoms with Gasteiger partial charge in [-0.05, 0) is 73.5 Å². The first-order valence-corrected chi connectivity index (χ1v) is 14.0. The van der Waals surface area contributed by atoms with E-state index in [1.165, 1.54) is 4.31 Å². The van der Waals surface area contributed by atoms with Crippen LogP contribution in [-0.2, 0) is 21.4 Å². The number of nitrogens with zero attached hydrogens (tertiary/aromatic N) is 1. The number of ether oxygens (including phenoxy) is 1. The van der Waals surface area contributed by atoms with Crippen LogP contribution in [0.3, 0.4) is 0 Å². The van der Waals surface area contributed by atoms with Gasteiger partial charge in [-0.15, -0.1) is 0 Å². The van der Waals surface area contributed by atoms with Crippen LogP contribution in [0, 0.1) is 6.92 Å². The lowest BCUT2D eigenvalue weighted by molar-refractivity contribution is -0.123. The highest BCUT2D eigenvalue weighted by molar-refractivity contribution is 7.92. The van der Waals surface area contributed by atoms with Crippen molar-refractivity contribution in [3.63, 3.8) is 0 Å². The van der Waals surface area contributed by atoms with Gasteiger partial charge in [0.25, 0.3) is 15.9 Å². The van der Waals surface area contributed by atoms with E-state index < -0.39 is 10.0 Å². The third kappa shape index (κ3) is 6.94. The largest absolute Gasteiger partial charge is 0.484 e. The fraction of sp³-hybridized carbons (Fsp3) is 0.167. The van der Waals surface area contributed by atoms with Crippen molar-refractivity contribution < 1.29 is 17.9 Å². The molecular formula is C30H29ClN2O4S. The lowest BCUT2D eigenvalue weighted by Gasteiger charge is -2.25. The topological polar surface area (TPSA) is 75.7 Å².